The summed E-state index contributed by atoms with van der Waals surface area (Å²) < 4.78 is 0. The van der Waals surface area contributed by atoms with Crippen LogP contribution in [0.5, 0.6) is 0 Å². The minimum absolute atomic E-state index is 0.0313. The zero-order valence-corrected chi connectivity index (χ0v) is 13.7. The summed E-state index contributed by atoms with van der Waals surface area (Å²) in [6.07, 6.45) is 4.46. The summed E-state index contributed by atoms with van der Waals surface area (Å²) in [7, 11) is 0. The molecular weight excluding hydrogens is 290 g/mol. The first-order valence-electron chi connectivity index (χ1n) is 8.64. The van der Waals surface area contributed by atoms with Gasteiger partial charge in [-0.2, -0.15) is 0 Å². The van der Waals surface area contributed by atoms with Gasteiger partial charge in [-0.25, -0.2) is 0 Å². The van der Waals surface area contributed by atoms with Crippen LogP contribution >= 0.6 is 0 Å². The van der Waals surface area contributed by atoms with Crippen molar-refractivity contribution in [2.45, 2.75) is 44.9 Å². The molecule has 3 rings (SSSR count). The second kappa shape index (κ2) is 6.73. The molecule has 0 aromatic heterocycles. The van der Waals surface area contributed by atoms with Gasteiger partial charge in [0.15, 0.2) is 0 Å². The van der Waals surface area contributed by atoms with E-state index in [-0.39, 0.29) is 17.7 Å². The number of hydrogen-bond acceptors (Lipinski definition) is 2. The van der Waals surface area contributed by atoms with Crippen LogP contribution in [0.25, 0.3) is 0 Å². The highest BCUT2D eigenvalue weighted by Gasteiger charge is 2.34. The van der Waals surface area contributed by atoms with E-state index in [0.29, 0.717) is 31.8 Å². The Morgan fingerprint density at radius 1 is 1.26 bits per heavy atom. The largest absolute Gasteiger partial charge is 0.481 e. The molecule has 3 atom stereocenters. The van der Waals surface area contributed by atoms with Gasteiger partial charge in [0.25, 0.3) is 0 Å². The summed E-state index contributed by atoms with van der Waals surface area (Å²) in [5.74, 6) is -0.508. The molecule has 4 heteroatoms. The van der Waals surface area contributed by atoms with Crippen molar-refractivity contribution in [3.8, 4) is 0 Å². The summed E-state index contributed by atoms with van der Waals surface area (Å²) >= 11 is 0. The number of benzene rings is 1. The fourth-order valence-electron chi connectivity index (χ4n) is 4.15. The number of carboxylic acids is 1. The molecule has 1 aliphatic heterocycles. The average Bonchev–Trinajstić information content (AvgIpc) is 2.54. The molecule has 124 valence electrons. The average molecular weight is 315 g/mol. The van der Waals surface area contributed by atoms with Crippen molar-refractivity contribution < 1.29 is 14.7 Å². The molecule has 4 nitrogen and oxygen atoms in total. The molecule has 3 unspecified atom stereocenters. The number of carbonyl (C=O) groups is 2. The minimum atomic E-state index is -0.731. The third-order valence-corrected chi connectivity index (χ3v) is 5.49. The Morgan fingerprint density at radius 2 is 2.04 bits per heavy atom. The number of carbonyl (C=O) groups excluding carboxylic acids is 1. The number of likely N-dealkylation sites (tertiary alicyclic amines) is 1. The molecule has 0 spiro atoms. The van der Waals surface area contributed by atoms with Crippen molar-refractivity contribution in [2.24, 2.45) is 11.8 Å². The maximum Gasteiger partial charge on any atom is 0.306 e. The van der Waals surface area contributed by atoms with Crippen LogP contribution < -0.4 is 0 Å². The van der Waals surface area contributed by atoms with Crippen LogP contribution in [0.4, 0.5) is 0 Å². The predicted molar refractivity (Wildman–Crippen MR) is 88.2 cm³/mol. The maximum absolute atomic E-state index is 12.7. The Kier molecular flexibility index (Phi) is 4.69. The van der Waals surface area contributed by atoms with Crippen molar-refractivity contribution in [3.63, 3.8) is 0 Å². The number of fused-ring (bicyclic) bond motifs is 1. The molecular formula is C19H25NO3. The van der Waals surface area contributed by atoms with Crippen molar-refractivity contribution in [1.82, 2.24) is 4.90 Å². The molecule has 1 aromatic carbocycles. The number of aliphatic carboxylic acids is 1. The molecule has 1 fully saturated rings. The van der Waals surface area contributed by atoms with Crippen LogP contribution in [0.1, 0.15) is 49.7 Å². The molecule has 1 amide bonds. The quantitative estimate of drug-likeness (QED) is 0.932. The lowest BCUT2D eigenvalue weighted by Gasteiger charge is -2.36. The first kappa shape index (κ1) is 16.0. The highest BCUT2D eigenvalue weighted by Crippen LogP contribution is 2.35. The second-order valence-electron chi connectivity index (χ2n) is 7.04. The van der Waals surface area contributed by atoms with Crippen LogP contribution in [0.2, 0.25) is 0 Å². The Hall–Kier alpha value is -1.84. The van der Waals surface area contributed by atoms with Crippen molar-refractivity contribution in [2.75, 3.05) is 13.1 Å². The molecule has 0 saturated carbocycles. The van der Waals surface area contributed by atoms with E-state index in [4.69, 9.17) is 0 Å². The van der Waals surface area contributed by atoms with Gasteiger partial charge in [-0.3, -0.25) is 9.59 Å². The number of piperidine rings is 1. The Bertz CT molecular complexity index is 598. The standard InChI is InChI=1S/C19H25NO3/c1-13-12-20(10-9-16(13)19(22)23)18(21)11-15-7-4-6-14-5-2-3-8-17(14)15/h2-3,5,8,13,15-16H,4,6-7,9-12H2,1H3,(H,22,23). The number of rotatable bonds is 3. The van der Waals surface area contributed by atoms with E-state index in [1.807, 2.05) is 11.8 Å². The van der Waals surface area contributed by atoms with Gasteiger partial charge in [0, 0.05) is 19.5 Å². The highest BCUT2D eigenvalue weighted by atomic mass is 16.4. The second-order valence-corrected chi connectivity index (χ2v) is 7.04. The molecule has 1 aromatic rings. The molecule has 1 aliphatic carbocycles. The summed E-state index contributed by atoms with van der Waals surface area (Å²) in [6, 6.07) is 8.46. The minimum Gasteiger partial charge on any atom is -0.481 e. The molecule has 2 aliphatic rings. The normalized spacial score (nSPS) is 27.3. The zero-order valence-electron chi connectivity index (χ0n) is 13.7. The number of hydrogen-bond donors (Lipinski definition) is 1. The van der Waals surface area contributed by atoms with Gasteiger partial charge in [0.2, 0.25) is 5.91 Å². The third-order valence-electron chi connectivity index (χ3n) is 5.49. The zero-order chi connectivity index (χ0) is 16.4. The number of nitrogens with zero attached hydrogens (tertiary/aromatic N) is 1. The lowest BCUT2D eigenvalue weighted by atomic mass is 9.80. The van der Waals surface area contributed by atoms with Gasteiger partial charge in [-0.1, -0.05) is 31.2 Å². The van der Waals surface area contributed by atoms with E-state index in [2.05, 4.69) is 24.3 Å². The number of amides is 1. The van der Waals surface area contributed by atoms with E-state index in [1.165, 1.54) is 11.1 Å². The van der Waals surface area contributed by atoms with Gasteiger partial charge in [-0.15, -0.1) is 0 Å². The van der Waals surface area contributed by atoms with Crippen LogP contribution in [0.3, 0.4) is 0 Å². The lowest BCUT2D eigenvalue weighted by molar-refractivity contribution is -0.148. The summed E-state index contributed by atoms with van der Waals surface area (Å²) in [4.78, 5) is 25.7. The van der Waals surface area contributed by atoms with Gasteiger partial charge in [0.1, 0.15) is 0 Å². The summed E-state index contributed by atoms with van der Waals surface area (Å²) in [5, 5.41) is 9.20. The molecule has 0 radical (unpaired) electrons. The summed E-state index contributed by atoms with van der Waals surface area (Å²) in [5.41, 5.74) is 2.72. The third kappa shape index (κ3) is 3.41. The SMILES string of the molecule is CC1CN(C(=O)CC2CCCc3ccccc32)CCC1C(=O)O. The van der Waals surface area contributed by atoms with Crippen molar-refractivity contribution >= 4 is 11.9 Å². The first-order chi connectivity index (χ1) is 11.1. The van der Waals surface area contributed by atoms with E-state index < -0.39 is 5.97 Å². The molecule has 1 saturated heterocycles. The lowest BCUT2D eigenvalue weighted by Crippen LogP contribution is -2.45. The molecule has 1 heterocycles. The fourth-order valence-corrected chi connectivity index (χ4v) is 4.15. The predicted octanol–water partition coefficient (Wildman–Crippen LogP) is 3.07. The van der Waals surface area contributed by atoms with Gasteiger partial charge in [0.05, 0.1) is 5.92 Å². The topological polar surface area (TPSA) is 57.6 Å². The maximum atomic E-state index is 12.7. The Labute approximate surface area is 137 Å². The van der Waals surface area contributed by atoms with Crippen molar-refractivity contribution in [3.05, 3.63) is 35.4 Å². The number of aryl methyl sites for hydroxylation is 1. The highest BCUT2D eigenvalue weighted by molar-refractivity contribution is 5.78. The van der Waals surface area contributed by atoms with Crippen LogP contribution in [0, 0.1) is 11.8 Å². The van der Waals surface area contributed by atoms with Gasteiger partial charge < -0.3 is 10.0 Å². The number of carboxylic acid groups (broad SMARTS) is 1. The monoisotopic (exact) mass is 315 g/mol. The van der Waals surface area contributed by atoms with E-state index >= 15 is 0 Å². The van der Waals surface area contributed by atoms with Gasteiger partial charge >= 0.3 is 5.97 Å². The smallest absolute Gasteiger partial charge is 0.306 e. The summed E-state index contributed by atoms with van der Waals surface area (Å²) in [6.45, 7) is 3.09. The van der Waals surface area contributed by atoms with Crippen LogP contribution in [-0.2, 0) is 16.0 Å². The molecule has 23 heavy (non-hydrogen) atoms. The van der Waals surface area contributed by atoms with E-state index in [0.717, 1.165) is 19.3 Å². The van der Waals surface area contributed by atoms with Crippen LogP contribution in [0.15, 0.2) is 24.3 Å². The van der Waals surface area contributed by atoms with E-state index in [1.54, 1.807) is 0 Å². The Morgan fingerprint density at radius 3 is 2.78 bits per heavy atom. The van der Waals surface area contributed by atoms with Gasteiger partial charge in [-0.05, 0) is 48.6 Å². The van der Waals surface area contributed by atoms with Crippen LogP contribution in [-0.4, -0.2) is 35.0 Å². The first-order valence-corrected chi connectivity index (χ1v) is 8.64. The van der Waals surface area contributed by atoms with Crippen molar-refractivity contribution in [1.29, 1.82) is 0 Å². The molecule has 0 bridgehead atoms. The van der Waals surface area contributed by atoms with E-state index in [9.17, 15) is 14.7 Å². The molecule has 1 N–H and O–H groups in total. The fraction of sp³-hybridized carbons (Fsp3) is 0.579. The Balaban J connectivity index is 1.64.